The van der Waals surface area contributed by atoms with E-state index in [1.165, 1.54) is 7.05 Å². The maximum atomic E-state index is 12.7. The number of anilines is 1. The van der Waals surface area contributed by atoms with Crippen LogP contribution < -0.4 is 15.4 Å². The number of sulfonamides is 1. The van der Waals surface area contributed by atoms with Gasteiger partial charge in [-0.1, -0.05) is 36.4 Å². The topological polar surface area (TPSA) is 92.5 Å². The van der Waals surface area contributed by atoms with E-state index in [9.17, 15) is 13.2 Å². The SMILES string of the molecule is CNS(=O)(=O)c1ccc2c(c1)N(C(=O)CC(N)c1ccccc1)CC2. The highest BCUT2D eigenvalue weighted by Crippen LogP contribution is 2.31. The van der Waals surface area contributed by atoms with E-state index in [2.05, 4.69) is 4.72 Å². The van der Waals surface area contributed by atoms with Crippen LogP contribution >= 0.6 is 0 Å². The molecule has 2 aromatic rings. The molecule has 0 fully saturated rings. The van der Waals surface area contributed by atoms with Crippen molar-refractivity contribution in [2.45, 2.75) is 23.8 Å². The van der Waals surface area contributed by atoms with Gasteiger partial charge >= 0.3 is 0 Å². The van der Waals surface area contributed by atoms with E-state index in [-0.39, 0.29) is 23.3 Å². The third-order valence-corrected chi connectivity index (χ3v) is 5.87. The molecule has 6 nitrogen and oxygen atoms in total. The van der Waals surface area contributed by atoms with E-state index in [0.717, 1.165) is 11.1 Å². The zero-order valence-electron chi connectivity index (χ0n) is 14.0. The summed E-state index contributed by atoms with van der Waals surface area (Å²) in [6.45, 7) is 0.540. The van der Waals surface area contributed by atoms with E-state index < -0.39 is 10.0 Å². The Balaban J connectivity index is 1.82. The molecule has 0 bridgehead atoms. The lowest BCUT2D eigenvalue weighted by Crippen LogP contribution is -2.32. The predicted octanol–water partition coefficient (Wildman–Crippen LogP) is 1.57. The molecule has 1 atom stereocenters. The third kappa shape index (κ3) is 3.58. The monoisotopic (exact) mass is 359 g/mol. The van der Waals surface area contributed by atoms with Gasteiger partial charge in [-0.05, 0) is 36.7 Å². The summed E-state index contributed by atoms with van der Waals surface area (Å²) in [5, 5.41) is 0. The van der Waals surface area contributed by atoms with E-state index in [0.29, 0.717) is 18.7 Å². The average Bonchev–Trinajstić information content (AvgIpc) is 3.05. The van der Waals surface area contributed by atoms with Gasteiger partial charge < -0.3 is 10.6 Å². The molecule has 3 N–H and O–H groups in total. The molecule has 0 aromatic heterocycles. The zero-order chi connectivity index (χ0) is 18.0. The highest BCUT2D eigenvalue weighted by Gasteiger charge is 2.27. The number of rotatable bonds is 5. The molecule has 0 radical (unpaired) electrons. The maximum Gasteiger partial charge on any atom is 0.240 e. The van der Waals surface area contributed by atoms with Gasteiger partial charge in [-0.2, -0.15) is 0 Å². The molecule has 1 heterocycles. The summed E-state index contributed by atoms with van der Waals surface area (Å²) in [6, 6.07) is 14.0. The molecule has 132 valence electrons. The Bertz CT molecular complexity index is 882. The molecule has 7 heteroatoms. The van der Waals surface area contributed by atoms with Gasteiger partial charge in [-0.15, -0.1) is 0 Å². The van der Waals surface area contributed by atoms with Crippen molar-refractivity contribution in [1.82, 2.24) is 4.72 Å². The van der Waals surface area contributed by atoms with Gasteiger partial charge in [0.15, 0.2) is 0 Å². The van der Waals surface area contributed by atoms with Gasteiger partial charge in [0.05, 0.1) is 4.90 Å². The molecule has 1 aliphatic rings. The van der Waals surface area contributed by atoms with Crippen molar-refractivity contribution in [2.75, 3.05) is 18.5 Å². The first-order chi connectivity index (χ1) is 11.9. The Morgan fingerprint density at radius 1 is 1.24 bits per heavy atom. The van der Waals surface area contributed by atoms with E-state index in [1.807, 2.05) is 30.3 Å². The van der Waals surface area contributed by atoms with Crippen molar-refractivity contribution >= 4 is 21.6 Å². The number of hydrogen-bond acceptors (Lipinski definition) is 4. The Hall–Kier alpha value is -2.22. The average molecular weight is 359 g/mol. The lowest BCUT2D eigenvalue weighted by atomic mass is 10.0. The minimum Gasteiger partial charge on any atom is -0.324 e. The van der Waals surface area contributed by atoms with Gasteiger partial charge in [0.1, 0.15) is 0 Å². The fourth-order valence-electron chi connectivity index (χ4n) is 3.02. The number of nitrogens with one attached hydrogen (secondary N) is 1. The molecule has 0 saturated heterocycles. The van der Waals surface area contributed by atoms with Crippen LogP contribution in [0.2, 0.25) is 0 Å². The Morgan fingerprint density at radius 2 is 1.96 bits per heavy atom. The summed E-state index contributed by atoms with van der Waals surface area (Å²) >= 11 is 0. The molecule has 0 spiro atoms. The molecular formula is C18H21N3O3S. The second-order valence-corrected chi connectivity index (χ2v) is 7.90. The van der Waals surface area contributed by atoms with Gasteiger partial charge in [-0.25, -0.2) is 13.1 Å². The molecule has 1 amide bonds. The van der Waals surface area contributed by atoms with Crippen LogP contribution in [0.1, 0.15) is 23.6 Å². The van der Waals surface area contributed by atoms with Crippen LogP contribution in [-0.4, -0.2) is 27.9 Å². The minimum atomic E-state index is -3.55. The van der Waals surface area contributed by atoms with Gasteiger partial charge in [0, 0.05) is 24.7 Å². The largest absolute Gasteiger partial charge is 0.324 e. The fraction of sp³-hybridized carbons (Fsp3) is 0.278. The normalized spacial score (nSPS) is 15.0. The molecule has 25 heavy (non-hydrogen) atoms. The molecule has 0 aliphatic carbocycles. The van der Waals surface area contributed by atoms with Gasteiger partial charge in [-0.3, -0.25) is 4.79 Å². The second-order valence-electron chi connectivity index (χ2n) is 6.01. The van der Waals surface area contributed by atoms with Crippen molar-refractivity contribution in [3.8, 4) is 0 Å². The summed E-state index contributed by atoms with van der Waals surface area (Å²) in [5.41, 5.74) is 8.68. The highest BCUT2D eigenvalue weighted by molar-refractivity contribution is 7.89. The predicted molar refractivity (Wildman–Crippen MR) is 96.7 cm³/mol. The van der Waals surface area contributed by atoms with Gasteiger partial charge in [0.2, 0.25) is 15.9 Å². The quantitative estimate of drug-likeness (QED) is 0.848. The smallest absolute Gasteiger partial charge is 0.240 e. The van der Waals surface area contributed by atoms with Crippen molar-refractivity contribution in [2.24, 2.45) is 5.73 Å². The zero-order valence-corrected chi connectivity index (χ0v) is 14.8. The first-order valence-corrected chi connectivity index (χ1v) is 9.58. The summed E-state index contributed by atoms with van der Waals surface area (Å²) in [5.74, 6) is -0.103. The van der Waals surface area contributed by atoms with E-state index in [1.54, 1.807) is 23.1 Å². The Labute approximate surface area is 147 Å². The van der Waals surface area contributed by atoms with E-state index in [4.69, 9.17) is 5.73 Å². The van der Waals surface area contributed by atoms with Gasteiger partial charge in [0.25, 0.3) is 0 Å². The summed E-state index contributed by atoms with van der Waals surface area (Å²) in [6.07, 6.45) is 0.883. The van der Waals surface area contributed by atoms with Crippen LogP contribution in [0.3, 0.4) is 0 Å². The van der Waals surface area contributed by atoms with Crippen LogP contribution in [0.5, 0.6) is 0 Å². The number of nitrogens with two attached hydrogens (primary N) is 1. The Kier molecular flexibility index (Phi) is 4.89. The number of fused-ring (bicyclic) bond motifs is 1. The number of carbonyl (C=O) groups excluding carboxylic acids is 1. The number of amides is 1. The van der Waals surface area contributed by atoms with Crippen LogP contribution in [0.25, 0.3) is 0 Å². The third-order valence-electron chi connectivity index (χ3n) is 4.45. The highest BCUT2D eigenvalue weighted by atomic mass is 32.2. The second kappa shape index (κ2) is 6.95. The molecule has 1 unspecified atom stereocenters. The number of benzene rings is 2. The van der Waals surface area contributed by atoms with Crippen molar-refractivity contribution in [3.05, 3.63) is 59.7 Å². The van der Waals surface area contributed by atoms with Crippen LogP contribution in [0, 0.1) is 0 Å². The number of carbonyl (C=O) groups is 1. The van der Waals surface area contributed by atoms with Crippen molar-refractivity contribution < 1.29 is 13.2 Å². The molecule has 1 aliphatic heterocycles. The van der Waals surface area contributed by atoms with E-state index >= 15 is 0 Å². The Morgan fingerprint density at radius 3 is 2.64 bits per heavy atom. The summed E-state index contributed by atoms with van der Waals surface area (Å²) in [4.78, 5) is 14.5. The van der Waals surface area contributed by atoms with Crippen LogP contribution in [-0.2, 0) is 21.2 Å². The first-order valence-electron chi connectivity index (χ1n) is 8.10. The molecule has 0 saturated carbocycles. The minimum absolute atomic E-state index is 0.103. The summed E-state index contributed by atoms with van der Waals surface area (Å²) in [7, 11) is -2.18. The lowest BCUT2D eigenvalue weighted by Gasteiger charge is -2.20. The van der Waals surface area contributed by atoms with Crippen molar-refractivity contribution in [3.63, 3.8) is 0 Å². The lowest BCUT2D eigenvalue weighted by molar-refractivity contribution is -0.118. The summed E-state index contributed by atoms with van der Waals surface area (Å²) < 4.78 is 26.3. The first kappa shape index (κ1) is 17.6. The maximum absolute atomic E-state index is 12.7. The fourth-order valence-corrected chi connectivity index (χ4v) is 3.77. The van der Waals surface area contributed by atoms with Crippen molar-refractivity contribution in [1.29, 1.82) is 0 Å². The number of hydrogen-bond donors (Lipinski definition) is 2. The molecular weight excluding hydrogens is 338 g/mol. The molecule has 3 rings (SSSR count). The van der Waals surface area contributed by atoms with Crippen LogP contribution in [0.4, 0.5) is 5.69 Å². The number of nitrogens with zero attached hydrogens (tertiary/aromatic N) is 1. The standard InChI is InChI=1S/C18H21N3O3S/c1-20-25(23,24)15-8-7-14-9-10-21(17(14)11-15)18(22)12-16(19)13-5-3-2-4-6-13/h2-8,11,16,20H,9-10,12,19H2,1H3. The van der Waals surface area contributed by atoms with Crippen LogP contribution in [0.15, 0.2) is 53.4 Å². The molecule has 2 aromatic carbocycles.